The van der Waals surface area contributed by atoms with E-state index in [1.807, 2.05) is 37.4 Å². The smallest absolute Gasteiger partial charge is 0.137 e. The Kier molecular flexibility index (Phi) is 5.86. The first kappa shape index (κ1) is 14.8. The van der Waals surface area contributed by atoms with Crippen molar-refractivity contribution in [1.82, 2.24) is 10.4 Å². The molecule has 1 aromatic carbocycles. The van der Waals surface area contributed by atoms with E-state index in [-0.39, 0.29) is 6.04 Å². The molecule has 106 valence electrons. The van der Waals surface area contributed by atoms with Crippen LogP contribution in [0, 0.1) is 0 Å². The van der Waals surface area contributed by atoms with Crippen molar-refractivity contribution in [3.8, 4) is 5.75 Å². The van der Waals surface area contributed by atoms with Gasteiger partial charge in [-0.2, -0.15) is 0 Å². The molecule has 0 bridgehead atoms. The van der Waals surface area contributed by atoms with Gasteiger partial charge in [0, 0.05) is 16.8 Å². The molecule has 0 spiro atoms. The van der Waals surface area contributed by atoms with E-state index >= 15 is 0 Å². The molecule has 1 heterocycles. The molecule has 2 rings (SSSR count). The van der Waals surface area contributed by atoms with Crippen molar-refractivity contribution in [3.05, 3.63) is 54.4 Å². The number of nitrogens with one attached hydrogen (secondary N) is 1. The largest absolute Gasteiger partial charge is 0.492 e. The van der Waals surface area contributed by atoms with E-state index in [2.05, 4.69) is 22.5 Å². The predicted molar refractivity (Wildman–Crippen MR) is 82.6 cm³/mol. The molecule has 0 radical (unpaired) electrons. The zero-order valence-electron chi connectivity index (χ0n) is 11.5. The fraction of sp³-hybridized carbons (Fsp3) is 0.267. The Balaban J connectivity index is 2.02. The molecule has 0 amide bonds. The van der Waals surface area contributed by atoms with E-state index in [4.69, 9.17) is 10.6 Å². The van der Waals surface area contributed by atoms with Crippen LogP contribution >= 0.6 is 11.8 Å². The molecule has 0 aliphatic heterocycles. The van der Waals surface area contributed by atoms with Crippen LogP contribution in [0.25, 0.3) is 0 Å². The van der Waals surface area contributed by atoms with E-state index in [0.29, 0.717) is 6.61 Å². The molecule has 1 aromatic heterocycles. The first-order chi connectivity index (χ1) is 9.83. The van der Waals surface area contributed by atoms with Gasteiger partial charge in [0.2, 0.25) is 0 Å². The number of benzene rings is 1. The summed E-state index contributed by atoms with van der Waals surface area (Å²) in [6.45, 7) is 2.58. The monoisotopic (exact) mass is 289 g/mol. The molecule has 2 aromatic rings. The Labute approximate surface area is 123 Å². The summed E-state index contributed by atoms with van der Waals surface area (Å²) in [5.41, 5.74) is 3.87. The van der Waals surface area contributed by atoms with E-state index in [9.17, 15) is 0 Å². The number of hydrogen-bond donors (Lipinski definition) is 2. The van der Waals surface area contributed by atoms with Crippen molar-refractivity contribution in [1.29, 1.82) is 0 Å². The fourth-order valence-corrected chi connectivity index (χ4v) is 2.81. The van der Waals surface area contributed by atoms with Crippen molar-refractivity contribution in [2.75, 3.05) is 12.4 Å². The van der Waals surface area contributed by atoms with Gasteiger partial charge < -0.3 is 4.74 Å². The molecule has 0 saturated heterocycles. The minimum atomic E-state index is 0.0353. The molecule has 20 heavy (non-hydrogen) atoms. The van der Waals surface area contributed by atoms with Gasteiger partial charge in [0.1, 0.15) is 5.75 Å². The van der Waals surface area contributed by atoms with E-state index in [0.717, 1.165) is 17.1 Å². The normalized spacial score (nSPS) is 12.1. The molecule has 0 saturated carbocycles. The average molecular weight is 289 g/mol. The zero-order valence-corrected chi connectivity index (χ0v) is 12.3. The quantitative estimate of drug-likeness (QED) is 0.466. The summed E-state index contributed by atoms with van der Waals surface area (Å²) in [4.78, 5) is 5.42. The van der Waals surface area contributed by atoms with Crippen LogP contribution in [-0.4, -0.2) is 17.3 Å². The Hall–Kier alpha value is -1.56. The van der Waals surface area contributed by atoms with Crippen LogP contribution in [0.3, 0.4) is 0 Å². The average Bonchev–Trinajstić information content (AvgIpc) is 2.50. The summed E-state index contributed by atoms with van der Waals surface area (Å²) in [6, 6.07) is 12.3. The third-order valence-electron chi connectivity index (χ3n) is 2.81. The van der Waals surface area contributed by atoms with Crippen molar-refractivity contribution in [3.63, 3.8) is 0 Å². The zero-order chi connectivity index (χ0) is 14.2. The number of nitrogens with zero attached hydrogens (tertiary/aromatic N) is 1. The Morgan fingerprint density at radius 1 is 1.30 bits per heavy atom. The summed E-state index contributed by atoms with van der Waals surface area (Å²) in [5, 5.41) is 0. The summed E-state index contributed by atoms with van der Waals surface area (Å²) in [7, 11) is 0. The minimum absolute atomic E-state index is 0.0353. The van der Waals surface area contributed by atoms with Crippen molar-refractivity contribution in [2.24, 2.45) is 5.84 Å². The third kappa shape index (κ3) is 4.23. The predicted octanol–water partition coefficient (Wildman–Crippen LogP) is 2.78. The maximum absolute atomic E-state index is 5.66. The molecule has 0 fully saturated rings. The van der Waals surface area contributed by atoms with Crippen molar-refractivity contribution < 1.29 is 4.74 Å². The topological polar surface area (TPSA) is 60.2 Å². The highest BCUT2D eigenvalue weighted by molar-refractivity contribution is 7.99. The first-order valence-corrected chi connectivity index (χ1v) is 7.53. The fourth-order valence-electron chi connectivity index (χ4n) is 1.81. The molecule has 5 heteroatoms. The lowest BCUT2D eigenvalue weighted by Crippen LogP contribution is -2.29. The Morgan fingerprint density at radius 3 is 2.80 bits per heavy atom. The van der Waals surface area contributed by atoms with Crippen LogP contribution in [-0.2, 0) is 0 Å². The van der Waals surface area contributed by atoms with Crippen molar-refractivity contribution in [2.45, 2.75) is 17.9 Å². The standard InChI is InChI=1S/C15H19N3OS/c1-2-19-13-8-12(9-17-10-13)15(18-16)11-20-14-6-4-3-5-7-14/h3-10,15,18H,2,11,16H2,1H3. The Bertz CT molecular complexity index is 522. The molecular formula is C15H19N3OS. The number of nitrogens with two attached hydrogens (primary N) is 1. The van der Waals surface area contributed by atoms with Crippen LogP contribution in [0.1, 0.15) is 18.5 Å². The number of hydrogen-bond acceptors (Lipinski definition) is 5. The summed E-state index contributed by atoms with van der Waals surface area (Å²) in [6.07, 6.45) is 3.53. The molecule has 0 aliphatic rings. The molecule has 1 atom stereocenters. The maximum atomic E-state index is 5.66. The van der Waals surface area contributed by atoms with Crippen LogP contribution in [0.5, 0.6) is 5.75 Å². The van der Waals surface area contributed by atoms with Crippen LogP contribution in [0.4, 0.5) is 0 Å². The number of thioether (sulfide) groups is 1. The number of hydrazine groups is 1. The van der Waals surface area contributed by atoms with Gasteiger partial charge in [0.05, 0.1) is 18.8 Å². The van der Waals surface area contributed by atoms with Gasteiger partial charge in [-0.05, 0) is 30.7 Å². The van der Waals surface area contributed by atoms with E-state index < -0.39 is 0 Å². The second-order valence-electron chi connectivity index (χ2n) is 4.23. The van der Waals surface area contributed by atoms with Crippen molar-refractivity contribution >= 4 is 11.8 Å². The summed E-state index contributed by atoms with van der Waals surface area (Å²) in [5.74, 6) is 7.27. The number of aromatic nitrogens is 1. The van der Waals surface area contributed by atoms with Gasteiger partial charge in [0.25, 0.3) is 0 Å². The van der Waals surface area contributed by atoms with Crippen LogP contribution in [0.2, 0.25) is 0 Å². The van der Waals surface area contributed by atoms with Gasteiger partial charge in [-0.3, -0.25) is 16.3 Å². The van der Waals surface area contributed by atoms with Gasteiger partial charge in [-0.25, -0.2) is 0 Å². The lowest BCUT2D eigenvalue weighted by atomic mass is 10.1. The number of pyridine rings is 1. The second kappa shape index (κ2) is 7.89. The molecule has 3 N–H and O–H groups in total. The van der Waals surface area contributed by atoms with Gasteiger partial charge in [0.15, 0.2) is 0 Å². The lowest BCUT2D eigenvalue weighted by molar-refractivity contribution is 0.338. The number of rotatable bonds is 7. The van der Waals surface area contributed by atoms with Crippen LogP contribution in [0.15, 0.2) is 53.7 Å². The molecular weight excluding hydrogens is 270 g/mol. The van der Waals surface area contributed by atoms with Crippen LogP contribution < -0.4 is 16.0 Å². The number of ether oxygens (including phenoxy) is 1. The van der Waals surface area contributed by atoms with E-state index in [1.54, 1.807) is 18.0 Å². The van der Waals surface area contributed by atoms with Gasteiger partial charge in [-0.15, -0.1) is 11.8 Å². The van der Waals surface area contributed by atoms with Gasteiger partial charge in [-0.1, -0.05) is 18.2 Å². The highest BCUT2D eigenvalue weighted by Crippen LogP contribution is 2.25. The summed E-state index contributed by atoms with van der Waals surface area (Å²) < 4.78 is 5.47. The second-order valence-corrected chi connectivity index (χ2v) is 5.32. The van der Waals surface area contributed by atoms with Gasteiger partial charge >= 0.3 is 0 Å². The summed E-state index contributed by atoms with van der Waals surface area (Å²) >= 11 is 1.76. The highest BCUT2D eigenvalue weighted by Gasteiger charge is 2.11. The molecule has 1 unspecified atom stereocenters. The first-order valence-electron chi connectivity index (χ1n) is 6.55. The SMILES string of the molecule is CCOc1cncc(C(CSc2ccccc2)NN)c1. The molecule has 0 aliphatic carbocycles. The van der Waals surface area contributed by atoms with E-state index in [1.165, 1.54) is 4.90 Å². The molecule has 4 nitrogen and oxygen atoms in total. The third-order valence-corrected chi connectivity index (χ3v) is 3.91. The maximum Gasteiger partial charge on any atom is 0.137 e. The lowest BCUT2D eigenvalue weighted by Gasteiger charge is -2.16. The minimum Gasteiger partial charge on any atom is -0.492 e. The Morgan fingerprint density at radius 2 is 2.10 bits per heavy atom. The highest BCUT2D eigenvalue weighted by atomic mass is 32.2.